The standard InChI is InChI=1S/C14H18N2O/c1-16-13-9-10(3-2-8-17)4-7-12(13)15-14(16)11-5-6-11/h4,7,9,11,17H,2-3,5-6,8H2,1H3. The van der Waals surface area contributed by atoms with Gasteiger partial charge in [0.05, 0.1) is 11.0 Å². The van der Waals surface area contributed by atoms with Crippen LogP contribution in [-0.2, 0) is 13.5 Å². The first-order chi connectivity index (χ1) is 8.29. The maximum atomic E-state index is 8.86. The number of fused-ring (bicyclic) bond motifs is 1. The molecule has 0 bridgehead atoms. The highest BCUT2D eigenvalue weighted by Gasteiger charge is 2.28. The van der Waals surface area contributed by atoms with Crippen molar-refractivity contribution in [3.63, 3.8) is 0 Å². The number of hydrogen-bond donors (Lipinski definition) is 1. The number of aromatic nitrogens is 2. The zero-order valence-electron chi connectivity index (χ0n) is 10.2. The van der Waals surface area contributed by atoms with Crippen molar-refractivity contribution >= 4 is 11.0 Å². The second-order valence-electron chi connectivity index (χ2n) is 4.95. The van der Waals surface area contributed by atoms with Crippen LogP contribution in [0.5, 0.6) is 0 Å². The van der Waals surface area contributed by atoms with Crippen molar-refractivity contribution in [2.24, 2.45) is 7.05 Å². The Bertz CT molecular complexity index is 540. The van der Waals surface area contributed by atoms with Crippen molar-refractivity contribution in [3.8, 4) is 0 Å². The topological polar surface area (TPSA) is 38.0 Å². The molecule has 0 atom stereocenters. The molecule has 1 fully saturated rings. The van der Waals surface area contributed by atoms with Crippen LogP contribution in [0.3, 0.4) is 0 Å². The Kier molecular flexibility index (Phi) is 2.63. The lowest BCUT2D eigenvalue weighted by Gasteiger charge is -2.02. The number of hydrogen-bond acceptors (Lipinski definition) is 2. The van der Waals surface area contributed by atoms with Gasteiger partial charge in [-0.1, -0.05) is 6.07 Å². The molecule has 0 radical (unpaired) electrons. The second kappa shape index (κ2) is 4.15. The first-order valence-electron chi connectivity index (χ1n) is 6.35. The molecule has 1 aliphatic carbocycles. The van der Waals surface area contributed by atoms with Gasteiger partial charge in [0.1, 0.15) is 5.82 Å². The maximum absolute atomic E-state index is 8.86. The largest absolute Gasteiger partial charge is 0.396 e. The van der Waals surface area contributed by atoms with Gasteiger partial charge in [-0.25, -0.2) is 4.98 Å². The molecular weight excluding hydrogens is 212 g/mol. The molecule has 0 saturated heterocycles. The predicted molar refractivity (Wildman–Crippen MR) is 68.1 cm³/mol. The van der Waals surface area contributed by atoms with Crippen molar-refractivity contribution in [2.45, 2.75) is 31.6 Å². The summed E-state index contributed by atoms with van der Waals surface area (Å²) >= 11 is 0. The lowest BCUT2D eigenvalue weighted by atomic mass is 10.1. The van der Waals surface area contributed by atoms with Gasteiger partial charge in [0.25, 0.3) is 0 Å². The van der Waals surface area contributed by atoms with E-state index in [1.54, 1.807) is 0 Å². The van der Waals surface area contributed by atoms with Crippen LogP contribution in [0.4, 0.5) is 0 Å². The fourth-order valence-electron chi connectivity index (χ4n) is 2.40. The van der Waals surface area contributed by atoms with Gasteiger partial charge in [-0.05, 0) is 43.4 Å². The molecule has 0 spiro atoms. The minimum Gasteiger partial charge on any atom is -0.396 e. The van der Waals surface area contributed by atoms with Crippen molar-refractivity contribution in [1.82, 2.24) is 9.55 Å². The van der Waals surface area contributed by atoms with E-state index in [1.165, 1.54) is 29.7 Å². The van der Waals surface area contributed by atoms with Gasteiger partial charge in [-0.2, -0.15) is 0 Å². The average molecular weight is 230 g/mol. The first-order valence-corrected chi connectivity index (χ1v) is 6.35. The molecule has 1 N–H and O–H groups in total. The van der Waals surface area contributed by atoms with E-state index in [0.717, 1.165) is 18.4 Å². The SMILES string of the molecule is Cn1c(C2CC2)nc2ccc(CCCO)cc21. The highest BCUT2D eigenvalue weighted by atomic mass is 16.2. The van der Waals surface area contributed by atoms with Gasteiger partial charge in [0.2, 0.25) is 0 Å². The molecule has 2 aromatic rings. The molecule has 3 heteroatoms. The lowest BCUT2D eigenvalue weighted by Crippen LogP contribution is -1.95. The monoisotopic (exact) mass is 230 g/mol. The summed E-state index contributed by atoms with van der Waals surface area (Å²) in [5.74, 6) is 1.92. The zero-order valence-corrected chi connectivity index (χ0v) is 10.2. The third kappa shape index (κ3) is 1.95. The summed E-state index contributed by atoms with van der Waals surface area (Å²) < 4.78 is 2.23. The van der Waals surface area contributed by atoms with Crippen LogP contribution in [0, 0.1) is 0 Å². The molecule has 90 valence electrons. The van der Waals surface area contributed by atoms with Crippen LogP contribution in [0.15, 0.2) is 18.2 Å². The van der Waals surface area contributed by atoms with E-state index in [4.69, 9.17) is 10.1 Å². The van der Waals surface area contributed by atoms with Crippen molar-refractivity contribution in [2.75, 3.05) is 6.61 Å². The highest BCUT2D eigenvalue weighted by Crippen LogP contribution is 2.40. The predicted octanol–water partition coefficient (Wildman–Crippen LogP) is 2.38. The first kappa shape index (κ1) is 10.8. The minimum atomic E-state index is 0.261. The summed E-state index contributed by atoms with van der Waals surface area (Å²) in [5.41, 5.74) is 3.61. The van der Waals surface area contributed by atoms with Gasteiger partial charge in [-0.15, -0.1) is 0 Å². The molecule has 0 unspecified atom stereocenters. The summed E-state index contributed by atoms with van der Waals surface area (Å²) in [5, 5.41) is 8.86. The normalized spacial score (nSPS) is 15.6. The summed E-state index contributed by atoms with van der Waals surface area (Å²) in [6, 6.07) is 6.44. The van der Waals surface area contributed by atoms with E-state index in [2.05, 4.69) is 29.8 Å². The Balaban J connectivity index is 1.99. The van der Waals surface area contributed by atoms with Gasteiger partial charge >= 0.3 is 0 Å². The smallest absolute Gasteiger partial charge is 0.112 e. The van der Waals surface area contributed by atoms with Crippen LogP contribution < -0.4 is 0 Å². The zero-order chi connectivity index (χ0) is 11.8. The number of rotatable bonds is 4. The number of benzene rings is 1. The van der Waals surface area contributed by atoms with Gasteiger partial charge < -0.3 is 9.67 Å². The fourth-order valence-corrected chi connectivity index (χ4v) is 2.40. The molecular formula is C14H18N2O. The van der Waals surface area contributed by atoms with Crippen LogP contribution in [-0.4, -0.2) is 21.3 Å². The fraction of sp³-hybridized carbons (Fsp3) is 0.500. The maximum Gasteiger partial charge on any atom is 0.112 e. The van der Waals surface area contributed by atoms with E-state index in [0.29, 0.717) is 5.92 Å². The molecule has 1 heterocycles. The van der Waals surface area contributed by atoms with Gasteiger partial charge in [0, 0.05) is 19.6 Å². The Morgan fingerprint density at radius 2 is 2.24 bits per heavy atom. The van der Waals surface area contributed by atoms with Gasteiger partial charge in [0.15, 0.2) is 0 Å². The van der Waals surface area contributed by atoms with E-state index in [1.807, 2.05) is 0 Å². The molecule has 3 rings (SSSR count). The van der Waals surface area contributed by atoms with Crippen LogP contribution in [0.25, 0.3) is 11.0 Å². The molecule has 0 aliphatic heterocycles. The average Bonchev–Trinajstić information content (AvgIpc) is 3.13. The van der Waals surface area contributed by atoms with Crippen LogP contribution in [0.2, 0.25) is 0 Å². The van der Waals surface area contributed by atoms with Crippen molar-refractivity contribution < 1.29 is 5.11 Å². The Hall–Kier alpha value is -1.35. The minimum absolute atomic E-state index is 0.261. The molecule has 1 saturated carbocycles. The highest BCUT2D eigenvalue weighted by molar-refractivity contribution is 5.77. The summed E-state index contributed by atoms with van der Waals surface area (Å²) in [6.07, 6.45) is 4.35. The Morgan fingerprint density at radius 3 is 2.94 bits per heavy atom. The number of nitrogens with zero attached hydrogens (tertiary/aromatic N) is 2. The second-order valence-corrected chi connectivity index (χ2v) is 4.95. The molecule has 17 heavy (non-hydrogen) atoms. The Morgan fingerprint density at radius 1 is 1.41 bits per heavy atom. The third-order valence-electron chi connectivity index (χ3n) is 3.55. The molecule has 1 aliphatic rings. The quantitative estimate of drug-likeness (QED) is 0.875. The number of imidazole rings is 1. The summed E-state index contributed by atoms with van der Waals surface area (Å²) in [7, 11) is 2.11. The lowest BCUT2D eigenvalue weighted by molar-refractivity contribution is 0.288. The number of aliphatic hydroxyl groups excluding tert-OH is 1. The molecule has 1 aromatic carbocycles. The van der Waals surface area contributed by atoms with Gasteiger partial charge in [-0.3, -0.25) is 0 Å². The Labute approximate surface area is 101 Å². The van der Waals surface area contributed by atoms with E-state index in [9.17, 15) is 0 Å². The van der Waals surface area contributed by atoms with E-state index < -0.39 is 0 Å². The van der Waals surface area contributed by atoms with Crippen LogP contribution >= 0.6 is 0 Å². The molecule has 0 amide bonds. The third-order valence-corrected chi connectivity index (χ3v) is 3.55. The summed E-state index contributed by atoms with van der Waals surface area (Å²) in [4.78, 5) is 4.71. The van der Waals surface area contributed by atoms with Crippen molar-refractivity contribution in [1.29, 1.82) is 0 Å². The number of aryl methyl sites for hydroxylation is 2. The molecule has 3 nitrogen and oxygen atoms in total. The van der Waals surface area contributed by atoms with Crippen molar-refractivity contribution in [3.05, 3.63) is 29.6 Å². The van der Waals surface area contributed by atoms with Crippen LogP contribution in [0.1, 0.15) is 36.6 Å². The summed E-state index contributed by atoms with van der Waals surface area (Å²) in [6.45, 7) is 0.261. The van der Waals surface area contributed by atoms with E-state index >= 15 is 0 Å². The van der Waals surface area contributed by atoms with E-state index in [-0.39, 0.29) is 6.61 Å². The number of aliphatic hydroxyl groups is 1. The molecule has 1 aromatic heterocycles.